The van der Waals surface area contributed by atoms with Crippen molar-refractivity contribution in [1.29, 1.82) is 0 Å². The molecule has 1 heterocycles. The van der Waals surface area contributed by atoms with Gasteiger partial charge in [0.05, 0.1) is 19.8 Å². The van der Waals surface area contributed by atoms with Crippen molar-refractivity contribution in [3.05, 3.63) is 12.2 Å². The Morgan fingerprint density at radius 1 is 0.607 bits per heavy atom. The normalized spacial score (nSPS) is 20.1. The standard InChI is InChI=1S/C48H92O12S/c1-3-5-7-9-11-13-15-17-19-21-23-25-27-29-31-33-35-37-44(50)58-42(41-57-48-46(52)47(60-61(53,54)55)45(51)43(39-49)59-48)40-56-38-36-34-32-30-28-26-24-22-20-18-16-14-12-10-8-6-4-2/h20,22,42-43,45-49,51-52H,3-19,21,23-41H2,1-2H3,(H,53,54,55)/b22-20-. The van der Waals surface area contributed by atoms with Gasteiger partial charge in [-0.15, -0.1) is 0 Å². The van der Waals surface area contributed by atoms with Crippen LogP contribution in [0, 0.1) is 0 Å². The van der Waals surface area contributed by atoms with Gasteiger partial charge in [0.15, 0.2) is 6.29 Å². The van der Waals surface area contributed by atoms with Gasteiger partial charge in [-0.3, -0.25) is 9.35 Å². The maximum atomic E-state index is 12.9. The maximum absolute atomic E-state index is 12.9. The second-order valence-electron chi connectivity index (χ2n) is 17.4. The summed E-state index contributed by atoms with van der Waals surface area (Å²) in [5.41, 5.74) is 0. The van der Waals surface area contributed by atoms with Crippen LogP contribution in [0.2, 0.25) is 0 Å². The Kier molecular flexibility index (Phi) is 38.3. The van der Waals surface area contributed by atoms with E-state index < -0.39 is 59.8 Å². The Hall–Kier alpha value is -1.16. The molecule has 0 aromatic heterocycles. The minimum Gasteiger partial charge on any atom is -0.457 e. The van der Waals surface area contributed by atoms with Crippen LogP contribution in [0.4, 0.5) is 0 Å². The van der Waals surface area contributed by atoms with Crippen molar-refractivity contribution in [1.82, 2.24) is 0 Å². The van der Waals surface area contributed by atoms with Crippen molar-refractivity contribution in [2.24, 2.45) is 0 Å². The first-order chi connectivity index (χ1) is 29.6. The van der Waals surface area contributed by atoms with E-state index in [1.807, 2.05) is 0 Å². The third kappa shape index (κ3) is 33.9. The molecule has 1 aliphatic heterocycles. The SMILES string of the molecule is CCCCCCCCC/C=C\CCCCCCCCOCC(COC1OC(CO)C(O)C(OS(=O)(=O)O)C1O)OC(=O)CCCCCCCCCCCCCCCCCCC. The first kappa shape index (κ1) is 57.9. The Bertz CT molecular complexity index is 1120. The predicted molar refractivity (Wildman–Crippen MR) is 244 cm³/mol. The lowest BCUT2D eigenvalue weighted by Crippen LogP contribution is -2.60. The fourth-order valence-corrected chi connectivity index (χ4v) is 8.35. The summed E-state index contributed by atoms with van der Waals surface area (Å²) in [6.45, 7) is 4.02. The zero-order chi connectivity index (χ0) is 44.7. The van der Waals surface area contributed by atoms with Crippen molar-refractivity contribution in [2.45, 2.75) is 263 Å². The number of unbranched alkanes of at least 4 members (excludes halogenated alkanes) is 29. The molecule has 4 N–H and O–H groups in total. The summed E-state index contributed by atoms with van der Waals surface area (Å²) in [6.07, 6.45) is 35.2. The molecule has 1 fully saturated rings. The number of carbonyl (C=O) groups excluding carboxylic acids is 1. The highest BCUT2D eigenvalue weighted by Gasteiger charge is 2.48. The molecule has 1 rings (SSSR count). The quantitative estimate of drug-likeness (QED) is 0.0197. The fraction of sp³-hybridized carbons (Fsp3) is 0.938. The van der Waals surface area contributed by atoms with E-state index in [0.29, 0.717) is 13.0 Å². The number of hydrogen-bond donors (Lipinski definition) is 4. The molecule has 0 amide bonds. The van der Waals surface area contributed by atoms with Gasteiger partial charge in [0.25, 0.3) is 0 Å². The molecule has 0 aromatic rings. The first-order valence-corrected chi connectivity index (χ1v) is 26.3. The lowest BCUT2D eigenvalue weighted by atomic mass is 9.99. The number of rotatable bonds is 44. The fourth-order valence-electron chi connectivity index (χ4n) is 7.85. The van der Waals surface area contributed by atoms with E-state index in [1.54, 1.807) is 0 Å². The minimum atomic E-state index is -5.06. The molecule has 0 radical (unpaired) electrons. The summed E-state index contributed by atoms with van der Waals surface area (Å²) in [6, 6.07) is 0. The third-order valence-corrected chi connectivity index (χ3v) is 12.1. The second kappa shape index (κ2) is 40.4. The molecular formula is C48H92O12S. The average molecular weight is 893 g/mol. The average Bonchev–Trinajstić information content (AvgIpc) is 3.23. The van der Waals surface area contributed by atoms with Crippen LogP contribution in [-0.2, 0) is 38.3 Å². The van der Waals surface area contributed by atoms with E-state index in [-0.39, 0.29) is 19.6 Å². The van der Waals surface area contributed by atoms with Crippen LogP contribution in [0.3, 0.4) is 0 Å². The Labute approximate surface area is 372 Å². The minimum absolute atomic E-state index is 0.0375. The summed E-state index contributed by atoms with van der Waals surface area (Å²) in [5, 5.41) is 30.7. The lowest BCUT2D eigenvalue weighted by Gasteiger charge is -2.41. The van der Waals surface area contributed by atoms with E-state index in [0.717, 1.165) is 44.9 Å². The molecule has 0 aliphatic carbocycles. The molecule has 1 aliphatic rings. The van der Waals surface area contributed by atoms with Crippen LogP contribution in [0.15, 0.2) is 12.2 Å². The molecule has 0 aromatic carbocycles. The molecule has 362 valence electrons. The molecule has 6 atom stereocenters. The smallest absolute Gasteiger partial charge is 0.397 e. The van der Waals surface area contributed by atoms with Crippen LogP contribution in [0.25, 0.3) is 0 Å². The summed E-state index contributed by atoms with van der Waals surface area (Å²) < 4.78 is 59.2. The predicted octanol–water partition coefficient (Wildman–Crippen LogP) is 11.0. The Balaban J connectivity index is 2.38. The number of allylic oxidation sites excluding steroid dienone is 2. The van der Waals surface area contributed by atoms with Crippen molar-refractivity contribution < 1.29 is 56.2 Å². The van der Waals surface area contributed by atoms with E-state index in [9.17, 15) is 33.1 Å². The van der Waals surface area contributed by atoms with Crippen LogP contribution >= 0.6 is 0 Å². The monoisotopic (exact) mass is 893 g/mol. The molecule has 12 nitrogen and oxygen atoms in total. The zero-order valence-electron chi connectivity index (χ0n) is 38.7. The number of aliphatic hydroxyl groups excluding tert-OH is 3. The van der Waals surface area contributed by atoms with Crippen LogP contribution in [0.5, 0.6) is 0 Å². The van der Waals surface area contributed by atoms with E-state index in [2.05, 4.69) is 30.2 Å². The summed E-state index contributed by atoms with van der Waals surface area (Å²) >= 11 is 0. The van der Waals surface area contributed by atoms with Crippen molar-refractivity contribution in [3.63, 3.8) is 0 Å². The van der Waals surface area contributed by atoms with Crippen molar-refractivity contribution in [2.75, 3.05) is 26.4 Å². The molecular weight excluding hydrogens is 801 g/mol. The molecule has 6 unspecified atom stereocenters. The highest BCUT2D eigenvalue weighted by atomic mass is 32.3. The molecule has 0 bridgehead atoms. The van der Waals surface area contributed by atoms with Gasteiger partial charge in [-0.05, 0) is 38.5 Å². The Morgan fingerprint density at radius 3 is 1.48 bits per heavy atom. The van der Waals surface area contributed by atoms with E-state index in [4.69, 9.17) is 18.9 Å². The Morgan fingerprint density at radius 2 is 1.03 bits per heavy atom. The summed E-state index contributed by atoms with van der Waals surface area (Å²) in [4.78, 5) is 12.9. The lowest BCUT2D eigenvalue weighted by molar-refractivity contribution is -0.301. The highest BCUT2D eigenvalue weighted by Crippen LogP contribution is 2.26. The van der Waals surface area contributed by atoms with Crippen LogP contribution in [-0.4, -0.2) is 97.5 Å². The van der Waals surface area contributed by atoms with Gasteiger partial charge in [0.1, 0.15) is 30.5 Å². The van der Waals surface area contributed by atoms with Crippen LogP contribution in [0.1, 0.15) is 226 Å². The van der Waals surface area contributed by atoms with Gasteiger partial charge in [-0.2, -0.15) is 8.42 Å². The van der Waals surface area contributed by atoms with Gasteiger partial charge in [0, 0.05) is 13.0 Å². The number of esters is 1. The van der Waals surface area contributed by atoms with Gasteiger partial charge < -0.3 is 34.3 Å². The largest absolute Gasteiger partial charge is 0.457 e. The third-order valence-electron chi connectivity index (χ3n) is 11.6. The van der Waals surface area contributed by atoms with Gasteiger partial charge in [0.2, 0.25) is 0 Å². The molecule has 0 saturated carbocycles. The first-order valence-electron chi connectivity index (χ1n) is 24.9. The molecule has 0 spiro atoms. The van der Waals surface area contributed by atoms with Gasteiger partial charge in [-0.1, -0.05) is 193 Å². The number of hydrogen-bond acceptors (Lipinski definition) is 11. The van der Waals surface area contributed by atoms with Crippen molar-refractivity contribution >= 4 is 16.4 Å². The molecule has 61 heavy (non-hydrogen) atoms. The van der Waals surface area contributed by atoms with E-state index in [1.165, 1.54) is 154 Å². The summed E-state index contributed by atoms with van der Waals surface area (Å²) in [7, 11) is -5.06. The zero-order valence-corrected chi connectivity index (χ0v) is 39.6. The van der Waals surface area contributed by atoms with Gasteiger partial charge >= 0.3 is 16.4 Å². The number of carbonyl (C=O) groups is 1. The maximum Gasteiger partial charge on any atom is 0.397 e. The second-order valence-corrected chi connectivity index (χ2v) is 18.5. The van der Waals surface area contributed by atoms with E-state index >= 15 is 0 Å². The summed E-state index contributed by atoms with van der Waals surface area (Å²) in [5.74, 6) is -0.396. The van der Waals surface area contributed by atoms with Crippen LogP contribution < -0.4 is 0 Å². The highest BCUT2D eigenvalue weighted by molar-refractivity contribution is 7.80. The molecule has 13 heteroatoms. The number of ether oxygens (including phenoxy) is 4. The number of aliphatic hydroxyl groups is 3. The van der Waals surface area contributed by atoms with Crippen molar-refractivity contribution in [3.8, 4) is 0 Å². The van der Waals surface area contributed by atoms with Gasteiger partial charge in [-0.25, -0.2) is 4.18 Å². The molecule has 1 saturated heterocycles. The topological polar surface area (TPSA) is 178 Å².